The lowest BCUT2D eigenvalue weighted by Gasteiger charge is -2.23. The minimum atomic E-state index is -0.802. The van der Waals surface area contributed by atoms with Gasteiger partial charge in [0.25, 0.3) is 0 Å². The first kappa shape index (κ1) is 17.7. The highest BCUT2D eigenvalue weighted by Crippen LogP contribution is 2.29. The molecule has 0 bridgehead atoms. The molecule has 142 valence electrons. The Morgan fingerprint density at radius 2 is 1.96 bits per heavy atom. The summed E-state index contributed by atoms with van der Waals surface area (Å²) in [6, 6.07) is 15.8. The van der Waals surface area contributed by atoms with Crippen molar-refractivity contribution >= 4 is 23.5 Å². The molecular weight excluding hydrogens is 358 g/mol. The second-order valence-corrected chi connectivity index (χ2v) is 6.26. The molecule has 8 nitrogen and oxygen atoms in total. The van der Waals surface area contributed by atoms with Crippen molar-refractivity contribution in [1.82, 2.24) is 14.8 Å². The van der Waals surface area contributed by atoms with Gasteiger partial charge < -0.3 is 10.1 Å². The van der Waals surface area contributed by atoms with Crippen LogP contribution in [0, 0.1) is 0 Å². The van der Waals surface area contributed by atoms with E-state index in [1.165, 1.54) is 4.68 Å². The number of para-hydroxylation sites is 2. The van der Waals surface area contributed by atoms with Gasteiger partial charge in [-0.25, -0.2) is 4.68 Å². The first-order valence-corrected chi connectivity index (χ1v) is 9.00. The Morgan fingerprint density at radius 3 is 2.75 bits per heavy atom. The van der Waals surface area contributed by atoms with Crippen LogP contribution in [0.5, 0.6) is 5.75 Å². The van der Waals surface area contributed by atoms with Crippen molar-refractivity contribution in [3.8, 4) is 17.1 Å². The quantitative estimate of drug-likeness (QED) is 0.712. The molecule has 1 aliphatic rings. The highest BCUT2D eigenvalue weighted by atomic mass is 16.5. The molecule has 1 aliphatic heterocycles. The predicted octanol–water partition coefficient (Wildman–Crippen LogP) is 2.87. The Labute approximate surface area is 161 Å². The number of fused-ring (bicyclic) bond motifs is 1. The Kier molecular flexibility index (Phi) is 4.76. The second kappa shape index (κ2) is 7.51. The molecule has 0 saturated heterocycles. The number of amides is 2. The van der Waals surface area contributed by atoms with Gasteiger partial charge in [-0.3, -0.25) is 14.9 Å². The standard InChI is InChI=1S/C20H19N5O3/c1-2-28-16-11-7-6-10-14(16)21-19(27)15-12-17(26)22-20-23-18(24-25(15)20)13-8-4-3-5-9-13/h3-11,15H,2,12H2,1H3,(H,21,27)(H,22,23,24,26)/t15-/m0/s1. The number of carbonyl (C=O) groups excluding carboxylic acids is 2. The van der Waals surface area contributed by atoms with Crippen LogP contribution in [-0.4, -0.2) is 33.2 Å². The van der Waals surface area contributed by atoms with Crippen LogP contribution in [0.15, 0.2) is 54.6 Å². The molecule has 0 spiro atoms. The lowest BCUT2D eigenvalue weighted by atomic mass is 10.1. The van der Waals surface area contributed by atoms with Gasteiger partial charge in [-0.05, 0) is 19.1 Å². The van der Waals surface area contributed by atoms with Crippen molar-refractivity contribution in [1.29, 1.82) is 0 Å². The van der Waals surface area contributed by atoms with Crippen LogP contribution in [0.2, 0.25) is 0 Å². The number of anilines is 2. The Balaban J connectivity index is 1.63. The molecule has 4 rings (SSSR count). The third-order valence-corrected chi connectivity index (χ3v) is 4.34. The van der Waals surface area contributed by atoms with E-state index in [4.69, 9.17) is 4.74 Å². The molecule has 28 heavy (non-hydrogen) atoms. The summed E-state index contributed by atoms with van der Waals surface area (Å²) in [5, 5.41) is 9.98. The summed E-state index contributed by atoms with van der Waals surface area (Å²) in [4.78, 5) is 29.4. The average molecular weight is 377 g/mol. The van der Waals surface area contributed by atoms with Crippen molar-refractivity contribution in [3.05, 3.63) is 54.6 Å². The lowest BCUT2D eigenvalue weighted by molar-refractivity contribution is -0.125. The molecule has 3 aromatic rings. The van der Waals surface area contributed by atoms with Gasteiger partial charge in [0.1, 0.15) is 11.8 Å². The SMILES string of the molecule is CCOc1ccccc1NC(=O)[C@@H]1CC(=O)Nc2nc(-c3ccccc3)nn21. The fourth-order valence-corrected chi connectivity index (χ4v) is 3.04. The zero-order valence-electron chi connectivity index (χ0n) is 15.3. The van der Waals surface area contributed by atoms with Crippen LogP contribution in [0.1, 0.15) is 19.4 Å². The van der Waals surface area contributed by atoms with Crippen LogP contribution in [-0.2, 0) is 9.59 Å². The second-order valence-electron chi connectivity index (χ2n) is 6.26. The van der Waals surface area contributed by atoms with E-state index in [0.717, 1.165) is 5.56 Å². The molecule has 0 aliphatic carbocycles. The van der Waals surface area contributed by atoms with Crippen molar-refractivity contribution in [2.75, 3.05) is 17.2 Å². The summed E-state index contributed by atoms with van der Waals surface area (Å²) >= 11 is 0. The van der Waals surface area contributed by atoms with Crippen LogP contribution >= 0.6 is 0 Å². The highest BCUT2D eigenvalue weighted by molar-refractivity contribution is 6.01. The maximum absolute atomic E-state index is 12.9. The first-order valence-electron chi connectivity index (χ1n) is 9.00. The van der Waals surface area contributed by atoms with Gasteiger partial charge in [0.05, 0.1) is 18.7 Å². The van der Waals surface area contributed by atoms with E-state index in [2.05, 4.69) is 20.7 Å². The largest absolute Gasteiger partial charge is 0.492 e. The summed E-state index contributed by atoms with van der Waals surface area (Å²) in [6.45, 7) is 2.35. The van der Waals surface area contributed by atoms with E-state index in [0.29, 0.717) is 23.9 Å². The summed E-state index contributed by atoms with van der Waals surface area (Å²) in [6.07, 6.45) is -0.0206. The predicted molar refractivity (Wildman–Crippen MR) is 104 cm³/mol. The van der Waals surface area contributed by atoms with E-state index >= 15 is 0 Å². The Hall–Kier alpha value is -3.68. The molecular formula is C20H19N5O3. The Bertz CT molecular complexity index is 1020. The number of hydrogen-bond acceptors (Lipinski definition) is 5. The third-order valence-electron chi connectivity index (χ3n) is 4.34. The molecule has 8 heteroatoms. The smallest absolute Gasteiger partial charge is 0.250 e. The monoisotopic (exact) mass is 377 g/mol. The molecule has 2 heterocycles. The minimum Gasteiger partial charge on any atom is -0.492 e. The number of rotatable bonds is 5. The van der Waals surface area contributed by atoms with Crippen LogP contribution in [0.25, 0.3) is 11.4 Å². The highest BCUT2D eigenvalue weighted by Gasteiger charge is 2.33. The van der Waals surface area contributed by atoms with Crippen molar-refractivity contribution in [2.24, 2.45) is 0 Å². The average Bonchev–Trinajstić information content (AvgIpc) is 3.13. The van der Waals surface area contributed by atoms with Crippen LogP contribution in [0.3, 0.4) is 0 Å². The fourth-order valence-electron chi connectivity index (χ4n) is 3.04. The summed E-state index contributed by atoms with van der Waals surface area (Å²) in [5.74, 6) is 0.645. The van der Waals surface area contributed by atoms with Gasteiger partial charge >= 0.3 is 0 Å². The van der Waals surface area contributed by atoms with Crippen LogP contribution < -0.4 is 15.4 Å². The van der Waals surface area contributed by atoms with Crippen molar-refractivity contribution < 1.29 is 14.3 Å². The number of nitrogens with one attached hydrogen (secondary N) is 2. The fraction of sp³-hybridized carbons (Fsp3) is 0.200. The molecule has 2 aromatic carbocycles. The van der Waals surface area contributed by atoms with E-state index in [1.807, 2.05) is 43.3 Å². The normalized spacial score (nSPS) is 15.5. The van der Waals surface area contributed by atoms with Gasteiger partial charge in [0, 0.05) is 5.56 Å². The summed E-state index contributed by atoms with van der Waals surface area (Å²) in [7, 11) is 0. The molecule has 0 saturated carbocycles. The maximum atomic E-state index is 12.9. The zero-order valence-corrected chi connectivity index (χ0v) is 15.3. The summed E-state index contributed by atoms with van der Waals surface area (Å²) in [5.41, 5.74) is 1.35. The number of benzene rings is 2. The van der Waals surface area contributed by atoms with E-state index in [9.17, 15) is 9.59 Å². The number of hydrogen-bond donors (Lipinski definition) is 2. The number of nitrogens with zero attached hydrogens (tertiary/aromatic N) is 3. The molecule has 1 aromatic heterocycles. The Morgan fingerprint density at radius 1 is 1.21 bits per heavy atom. The maximum Gasteiger partial charge on any atom is 0.250 e. The third kappa shape index (κ3) is 3.44. The molecule has 0 unspecified atom stereocenters. The molecule has 2 amide bonds. The van der Waals surface area contributed by atoms with E-state index in [1.54, 1.807) is 18.2 Å². The van der Waals surface area contributed by atoms with Gasteiger partial charge in [-0.1, -0.05) is 42.5 Å². The number of carbonyl (C=O) groups is 2. The van der Waals surface area contributed by atoms with Gasteiger partial charge in [0.15, 0.2) is 5.82 Å². The van der Waals surface area contributed by atoms with Crippen LogP contribution in [0.4, 0.5) is 11.6 Å². The van der Waals surface area contributed by atoms with Gasteiger partial charge in [-0.2, -0.15) is 4.98 Å². The van der Waals surface area contributed by atoms with Crippen molar-refractivity contribution in [2.45, 2.75) is 19.4 Å². The first-order chi connectivity index (χ1) is 13.7. The molecule has 1 atom stereocenters. The van der Waals surface area contributed by atoms with E-state index in [-0.39, 0.29) is 24.2 Å². The molecule has 0 radical (unpaired) electrons. The topological polar surface area (TPSA) is 98.1 Å². The lowest BCUT2D eigenvalue weighted by Crippen LogP contribution is -2.36. The van der Waals surface area contributed by atoms with Crippen molar-refractivity contribution in [3.63, 3.8) is 0 Å². The number of ether oxygens (including phenoxy) is 1. The number of aromatic nitrogens is 3. The van der Waals surface area contributed by atoms with E-state index < -0.39 is 6.04 Å². The molecule has 0 fully saturated rings. The minimum absolute atomic E-state index is 0.0206. The van der Waals surface area contributed by atoms with Gasteiger partial charge in [0.2, 0.25) is 17.8 Å². The molecule has 2 N–H and O–H groups in total. The van der Waals surface area contributed by atoms with Gasteiger partial charge in [-0.15, -0.1) is 5.10 Å². The zero-order chi connectivity index (χ0) is 19.5. The summed E-state index contributed by atoms with van der Waals surface area (Å²) < 4.78 is 7.01.